The molecular formula is C13H17N3O2. The summed E-state index contributed by atoms with van der Waals surface area (Å²) in [5.74, 6) is 0.318. The van der Waals surface area contributed by atoms with Crippen molar-refractivity contribution in [2.45, 2.75) is 32.4 Å². The van der Waals surface area contributed by atoms with E-state index in [0.29, 0.717) is 11.6 Å². The number of nitrogens with zero attached hydrogens (tertiary/aromatic N) is 2. The number of nitrogens with one attached hydrogen (secondary N) is 1. The Morgan fingerprint density at radius 3 is 2.83 bits per heavy atom. The Morgan fingerprint density at radius 1 is 1.44 bits per heavy atom. The highest BCUT2D eigenvalue weighted by atomic mass is 16.5. The molecule has 2 heterocycles. The summed E-state index contributed by atoms with van der Waals surface area (Å²) in [4.78, 5) is 20.3. The van der Waals surface area contributed by atoms with Gasteiger partial charge in [0.2, 0.25) is 11.8 Å². The highest BCUT2D eigenvalue weighted by Crippen LogP contribution is 2.11. The van der Waals surface area contributed by atoms with Crippen LogP contribution in [-0.4, -0.2) is 35.0 Å². The molecule has 1 aromatic rings. The molecule has 0 aromatic carbocycles. The van der Waals surface area contributed by atoms with Gasteiger partial charge in [0.1, 0.15) is 12.3 Å². The Balaban J connectivity index is 2.07. The minimum absolute atomic E-state index is 0.117. The molecule has 5 heteroatoms. The number of hydrogen-bond donors (Lipinski definition) is 1. The maximum absolute atomic E-state index is 11.9. The third kappa shape index (κ3) is 3.06. The van der Waals surface area contributed by atoms with Gasteiger partial charge in [-0.05, 0) is 32.9 Å². The summed E-state index contributed by atoms with van der Waals surface area (Å²) in [5, 5.41) is 2.89. The highest BCUT2D eigenvalue weighted by Gasteiger charge is 2.29. The van der Waals surface area contributed by atoms with Crippen molar-refractivity contribution in [3.63, 3.8) is 0 Å². The van der Waals surface area contributed by atoms with Crippen molar-refractivity contribution in [2.24, 2.45) is 4.99 Å². The Labute approximate surface area is 106 Å². The van der Waals surface area contributed by atoms with Crippen LogP contribution in [0.15, 0.2) is 29.4 Å². The molecule has 96 valence electrons. The molecule has 5 nitrogen and oxygen atoms in total. The molecule has 0 saturated heterocycles. The summed E-state index contributed by atoms with van der Waals surface area (Å²) in [7, 11) is 0. The van der Waals surface area contributed by atoms with E-state index < -0.39 is 6.04 Å². The molecule has 1 aliphatic rings. The number of ether oxygens (including phenoxy) is 1. The molecule has 0 bridgehead atoms. The van der Waals surface area contributed by atoms with Gasteiger partial charge >= 0.3 is 0 Å². The SMILES string of the molecule is CC(C)(C)NC(=O)[C@@H]1COC(c2ccccn2)=N1. The normalized spacial score (nSPS) is 19.1. The number of aromatic nitrogens is 1. The number of rotatable bonds is 2. The fourth-order valence-electron chi connectivity index (χ4n) is 1.59. The van der Waals surface area contributed by atoms with Crippen LogP contribution in [0.25, 0.3) is 0 Å². The maximum Gasteiger partial charge on any atom is 0.248 e. The molecule has 1 N–H and O–H groups in total. The molecule has 18 heavy (non-hydrogen) atoms. The average Bonchev–Trinajstić information content (AvgIpc) is 2.77. The Morgan fingerprint density at radius 2 is 2.22 bits per heavy atom. The molecule has 0 spiro atoms. The van der Waals surface area contributed by atoms with Crippen molar-refractivity contribution in [1.29, 1.82) is 0 Å². The fourth-order valence-corrected chi connectivity index (χ4v) is 1.59. The lowest BCUT2D eigenvalue weighted by atomic mass is 10.1. The van der Waals surface area contributed by atoms with Gasteiger partial charge in [0.15, 0.2) is 6.04 Å². The van der Waals surface area contributed by atoms with Crippen LogP contribution >= 0.6 is 0 Å². The summed E-state index contributed by atoms with van der Waals surface area (Å²) >= 11 is 0. The van der Waals surface area contributed by atoms with E-state index in [4.69, 9.17) is 4.74 Å². The third-order valence-corrected chi connectivity index (χ3v) is 2.34. The van der Waals surface area contributed by atoms with Crippen molar-refractivity contribution in [3.8, 4) is 0 Å². The molecule has 0 fully saturated rings. The van der Waals surface area contributed by atoms with Crippen LogP contribution in [0.5, 0.6) is 0 Å². The maximum atomic E-state index is 11.9. The first-order chi connectivity index (χ1) is 8.46. The van der Waals surface area contributed by atoms with Gasteiger partial charge in [-0.2, -0.15) is 0 Å². The zero-order valence-electron chi connectivity index (χ0n) is 10.8. The van der Waals surface area contributed by atoms with Crippen molar-refractivity contribution in [3.05, 3.63) is 30.1 Å². The van der Waals surface area contributed by atoms with Gasteiger partial charge < -0.3 is 10.1 Å². The molecular weight excluding hydrogens is 230 g/mol. The standard InChI is InChI=1S/C13H17N3O2/c1-13(2,3)16-11(17)10-8-18-12(15-10)9-6-4-5-7-14-9/h4-7,10H,8H2,1-3H3,(H,16,17)/t10-/m0/s1. The predicted octanol–water partition coefficient (Wildman–Crippen LogP) is 1.14. The van der Waals surface area contributed by atoms with E-state index >= 15 is 0 Å². The van der Waals surface area contributed by atoms with E-state index in [1.54, 1.807) is 6.20 Å². The Hall–Kier alpha value is -1.91. The predicted molar refractivity (Wildman–Crippen MR) is 68.4 cm³/mol. The highest BCUT2D eigenvalue weighted by molar-refractivity contribution is 5.96. The molecule has 0 radical (unpaired) electrons. The van der Waals surface area contributed by atoms with Gasteiger partial charge in [-0.1, -0.05) is 6.07 Å². The molecule has 1 atom stereocenters. The van der Waals surface area contributed by atoms with Crippen LogP contribution in [0, 0.1) is 0 Å². The fraction of sp³-hybridized carbons (Fsp3) is 0.462. The summed E-state index contributed by atoms with van der Waals surface area (Å²) in [6, 6.07) is 5.00. The van der Waals surface area contributed by atoms with Crippen LogP contribution in [0.3, 0.4) is 0 Å². The van der Waals surface area contributed by atoms with Gasteiger partial charge in [-0.25, -0.2) is 4.99 Å². The second-order valence-corrected chi connectivity index (χ2v) is 5.22. The molecule has 2 rings (SSSR count). The van der Waals surface area contributed by atoms with E-state index in [9.17, 15) is 4.79 Å². The monoisotopic (exact) mass is 247 g/mol. The van der Waals surface area contributed by atoms with Gasteiger partial charge in [0.05, 0.1) is 0 Å². The van der Waals surface area contributed by atoms with E-state index in [0.717, 1.165) is 0 Å². The minimum atomic E-state index is -0.485. The average molecular weight is 247 g/mol. The van der Waals surface area contributed by atoms with Crippen LogP contribution in [0.4, 0.5) is 0 Å². The Bertz CT molecular complexity index is 463. The van der Waals surface area contributed by atoms with Crippen molar-refractivity contribution < 1.29 is 9.53 Å². The summed E-state index contributed by atoms with van der Waals surface area (Å²) in [6.07, 6.45) is 1.67. The number of amides is 1. The van der Waals surface area contributed by atoms with Crippen LogP contribution in [0.2, 0.25) is 0 Å². The largest absolute Gasteiger partial charge is 0.474 e. The third-order valence-electron chi connectivity index (χ3n) is 2.34. The van der Waals surface area contributed by atoms with Crippen LogP contribution in [-0.2, 0) is 9.53 Å². The van der Waals surface area contributed by atoms with E-state index in [1.165, 1.54) is 0 Å². The summed E-state index contributed by atoms with van der Waals surface area (Å²) in [5.41, 5.74) is 0.393. The zero-order chi connectivity index (χ0) is 13.2. The van der Waals surface area contributed by atoms with Crippen molar-refractivity contribution in [2.75, 3.05) is 6.61 Å². The molecule has 1 aliphatic heterocycles. The van der Waals surface area contributed by atoms with E-state index in [1.807, 2.05) is 39.0 Å². The second-order valence-electron chi connectivity index (χ2n) is 5.22. The number of carbonyl (C=O) groups is 1. The lowest BCUT2D eigenvalue weighted by Crippen LogP contribution is -2.45. The lowest BCUT2D eigenvalue weighted by molar-refractivity contribution is -0.123. The van der Waals surface area contributed by atoms with Crippen molar-refractivity contribution in [1.82, 2.24) is 10.3 Å². The smallest absolute Gasteiger partial charge is 0.248 e. The molecule has 0 saturated carbocycles. The first-order valence-electron chi connectivity index (χ1n) is 5.90. The van der Waals surface area contributed by atoms with Crippen LogP contribution < -0.4 is 5.32 Å². The van der Waals surface area contributed by atoms with Crippen molar-refractivity contribution >= 4 is 11.8 Å². The van der Waals surface area contributed by atoms with Crippen LogP contribution in [0.1, 0.15) is 26.5 Å². The first-order valence-corrected chi connectivity index (χ1v) is 5.90. The minimum Gasteiger partial charge on any atom is -0.474 e. The van der Waals surface area contributed by atoms with E-state index in [2.05, 4.69) is 15.3 Å². The number of carbonyl (C=O) groups excluding carboxylic acids is 1. The quantitative estimate of drug-likeness (QED) is 0.852. The first kappa shape index (κ1) is 12.5. The zero-order valence-corrected chi connectivity index (χ0v) is 10.8. The lowest BCUT2D eigenvalue weighted by Gasteiger charge is -2.21. The van der Waals surface area contributed by atoms with Gasteiger partial charge in [0, 0.05) is 11.7 Å². The molecule has 1 aromatic heterocycles. The topological polar surface area (TPSA) is 63.6 Å². The molecule has 0 unspecified atom stereocenters. The van der Waals surface area contributed by atoms with Gasteiger partial charge in [-0.3, -0.25) is 9.78 Å². The summed E-state index contributed by atoms with van der Waals surface area (Å²) in [6.45, 7) is 6.08. The number of aliphatic imine (C=N–C) groups is 1. The Kier molecular flexibility index (Phi) is 3.32. The molecule has 0 aliphatic carbocycles. The number of pyridine rings is 1. The molecule has 1 amide bonds. The number of hydrogen-bond acceptors (Lipinski definition) is 4. The summed E-state index contributed by atoms with van der Waals surface area (Å²) < 4.78 is 5.41. The second kappa shape index (κ2) is 4.76. The van der Waals surface area contributed by atoms with E-state index in [-0.39, 0.29) is 18.1 Å². The van der Waals surface area contributed by atoms with Gasteiger partial charge in [0.25, 0.3) is 0 Å². The van der Waals surface area contributed by atoms with Gasteiger partial charge in [-0.15, -0.1) is 0 Å².